The lowest BCUT2D eigenvalue weighted by atomic mass is 9.76. The first-order chi connectivity index (χ1) is 14.3. The van der Waals surface area contributed by atoms with Crippen molar-refractivity contribution in [2.24, 2.45) is 0 Å². The van der Waals surface area contributed by atoms with Crippen LogP contribution in [0.1, 0.15) is 34.6 Å². The molecule has 3 nitrogen and oxygen atoms in total. The van der Waals surface area contributed by atoms with Crippen LogP contribution in [0.25, 0.3) is 0 Å². The summed E-state index contributed by atoms with van der Waals surface area (Å²) in [4.78, 5) is 0. The van der Waals surface area contributed by atoms with Crippen LogP contribution < -0.4 is 14.8 Å². The Balaban J connectivity index is 1.61. The number of para-hydroxylation sites is 1. The molecule has 150 valence electrons. The van der Waals surface area contributed by atoms with Crippen molar-refractivity contribution in [3.05, 3.63) is 95.1 Å². The minimum Gasteiger partial charge on any atom is -0.497 e. The van der Waals surface area contributed by atoms with E-state index in [1.807, 2.05) is 12.1 Å². The highest BCUT2D eigenvalue weighted by molar-refractivity contribution is 5.42. The summed E-state index contributed by atoms with van der Waals surface area (Å²) in [6.45, 7) is 0.805. The van der Waals surface area contributed by atoms with Crippen LogP contribution in [0.2, 0.25) is 0 Å². The Morgan fingerprint density at radius 3 is 2.48 bits per heavy atom. The Morgan fingerprint density at radius 1 is 0.897 bits per heavy atom. The van der Waals surface area contributed by atoms with Gasteiger partial charge in [0.25, 0.3) is 0 Å². The first-order valence-electron chi connectivity index (χ1n) is 10.3. The van der Waals surface area contributed by atoms with E-state index < -0.39 is 0 Å². The predicted octanol–water partition coefficient (Wildman–Crippen LogP) is 5.13. The number of rotatable bonds is 7. The van der Waals surface area contributed by atoms with Gasteiger partial charge in [0.15, 0.2) is 0 Å². The van der Waals surface area contributed by atoms with Gasteiger partial charge >= 0.3 is 0 Å². The second-order valence-corrected chi connectivity index (χ2v) is 7.70. The van der Waals surface area contributed by atoms with Crippen molar-refractivity contribution < 1.29 is 9.47 Å². The minimum atomic E-state index is 0.403. The van der Waals surface area contributed by atoms with Gasteiger partial charge in [0.2, 0.25) is 0 Å². The van der Waals surface area contributed by atoms with Gasteiger partial charge in [-0.15, -0.1) is 0 Å². The number of aryl methyl sites for hydroxylation is 1. The Kier molecular flexibility index (Phi) is 6.16. The number of methoxy groups -OCH3 is 2. The SMILES string of the molecule is COc1ccc2c(c1)C(Cc1ccccc1)C(NCc1ccccc1OC)CC2. The third-order valence-corrected chi connectivity index (χ3v) is 6.01. The molecule has 2 unspecified atom stereocenters. The molecule has 0 spiro atoms. The lowest BCUT2D eigenvalue weighted by molar-refractivity contribution is 0.369. The fourth-order valence-corrected chi connectivity index (χ4v) is 4.46. The van der Waals surface area contributed by atoms with Gasteiger partial charge in [-0.1, -0.05) is 54.6 Å². The first-order valence-corrected chi connectivity index (χ1v) is 10.3. The van der Waals surface area contributed by atoms with Gasteiger partial charge in [0.05, 0.1) is 14.2 Å². The molecular weight excluding hydrogens is 358 g/mol. The maximum Gasteiger partial charge on any atom is 0.123 e. The van der Waals surface area contributed by atoms with Gasteiger partial charge in [-0.25, -0.2) is 0 Å². The number of fused-ring (bicyclic) bond motifs is 1. The highest BCUT2D eigenvalue weighted by atomic mass is 16.5. The van der Waals surface area contributed by atoms with Crippen molar-refractivity contribution in [3.63, 3.8) is 0 Å². The van der Waals surface area contributed by atoms with E-state index in [0.29, 0.717) is 12.0 Å². The average molecular weight is 388 g/mol. The third kappa shape index (κ3) is 4.46. The average Bonchev–Trinajstić information content (AvgIpc) is 2.79. The third-order valence-electron chi connectivity index (χ3n) is 6.01. The molecule has 0 aliphatic heterocycles. The van der Waals surface area contributed by atoms with Crippen LogP contribution in [0, 0.1) is 0 Å². The summed E-state index contributed by atoms with van der Waals surface area (Å²) in [6, 6.07) is 26.0. The maximum absolute atomic E-state index is 5.54. The van der Waals surface area contributed by atoms with Crippen molar-refractivity contribution in [2.75, 3.05) is 14.2 Å². The summed E-state index contributed by atoms with van der Waals surface area (Å²) in [5.41, 5.74) is 5.43. The van der Waals surface area contributed by atoms with Gasteiger partial charge in [0, 0.05) is 24.1 Å². The van der Waals surface area contributed by atoms with Crippen LogP contribution in [0.4, 0.5) is 0 Å². The molecule has 0 saturated carbocycles. The zero-order chi connectivity index (χ0) is 20.1. The summed E-state index contributed by atoms with van der Waals surface area (Å²) in [5.74, 6) is 2.29. The molecule has 3 aromatic carbocycles. The van der Waals surface area contributed by atoms with Crippen LogP contribution in [0.15, 0.2) is 72.8 Å². The molecule has 2 atom stereocenters. The van der Waals surface area contributed by atoms with Gasteiger partial charge in [-0.3, -0.25) is 0 Å². The summed E-state index contributed by atoms with van der Waals surface area (Å²) in [6.07, 6.45) is 3.24. The smallest absolute Gasteiger partial charge is 0.123 e. The molecule has 4 rings (SSSR count). The van der Waals surface area contributed by atoms with E-state index in [9.17, 15) is 0 Å². The molecular formula is C26H29NO2. The predicted molar refractivity (Wildman–Crippen MR) is 118 cm³/mol. The highest BCUT2D eigenvalue weighted by Gasteiger charge is 2.30. The number of hydrogen-bond donors (Lipinski definition) is 1. The molecule has 1 N–H and O–H groups in total. The zero-order valence-electron chi connectivity index (χ0n) is 17.2. The molecule has 0 fully saturated rings. The summed E-state index contributed by atoms with van der Waals surface area (Å²) < 4.78 is 11.1. The van der Waals surface area contributed by atoms with Crippen LogP contribution in [-0.4, -0.2) is 20.3 Å². The van der Waals surface area contributed by atoms with Crippen molar-refractivity contribution in [1.29, 1.82) is 0 Å². The van der Waals surface area contributed by atoms with Gasteiger partial charge in [-0.05, 0) is 54.2 Å². The number of hydrogen-bond acceptors (Lipinski definition) is 3. The molecule has 1 aliphatic carbocycles. The lowest BCUT2D eigenvalue weighted by Gasteiger charge is -2.35. The Morgan fingerprint density at radius 2 is 1.69 bits per heavy atom. The largest absolute Gasteiger partial charge is 0.497 e. The molecule has 0 radical (unpaired) electrons. The van der Waals surface area contributed by atoms with Crippen molar-refractivity contribution >= 4 is 0 Å². The van der Waals surface area contributed by atoms with E-state index >= 15 is 0 Å². The number of nitrogens with one attached hydrogen (secondary N) is 1. The van der Waals surface area contributed by atoms with E-state index in [-0.39, 0.29) is 0 Å². The maximum atomic E-state index is 5.54. The molecule has 0 heterocycles. The van der Waals surface area contributed by atoms with Gasteiger partial charge in [0.1, 0.15) is 11.5 Å². The Bertz CT molecular complexity index is 938. The molecule has 3 aromatic rings. The number of benzene rings is 3. The Labute approximate surface area is 173 Å². The fraction of sp³-hybridized carbons (Fsp3) is 0.308. The molecule has 0 bridgehead atoms. The summed E-state index contributed by atoms with van der Waals surface area (Å²) >= 11 is 0. The van der Waals surface area contributed by atoms with Crippen LogP contribution >= 0.6 is 0 Å². The second-order valence-electron chi connectivity index (χ2n) is 7.70. The summed E-state index contributed by atoms with van der Waals surface area (Å²) in [7, 11) is 3.48. The molecule has 0 saturated heterocycles. The van der Waals surface area contributed by atoms with E-state index in [4.69, 9.17) is 9.47 Å². The van der Waals surface area contributed by atoms with Crippen molar-refractivity contribution in [1.82, 2.24) is 5.32 Å². The van der Waals surface area contributed by atoms with Crippen molar-refractivity contribution in [3.8, 4) is 11.5 Å². The van der Waals surface area contributed by atoms with E-state index in [1.165, 1.54) is 22.3 Å². The highest BCUT2D eigenvalue weighted by Crippen LogP contribution is 2.37. The molecule has 0 aromatic heterocycles. The van der Waals surface area contributed by atoms with E-state index in [2.05, 4.69) is 66.0 Å². The van der Waals surface area contributed by atoms with Crippen molar-refractivity contribution in [2.45, 2.75) is 37.8 Å². The summed E-state index contributed by atoms with van der Waals surface area (Å²) in [5, 5.41) is 3.84. The molecule has 1 aliphatic rings. The van der Waals surface area contributed by atoms with Gasteiger partial charge in [-0.2, -0.15) is 0 Å². The topological polar surface area (TPSA) is 30.5 Å². The fourth-order valence-electron chi connectivity index (χ4n) is 4.46. The Hall–Kier alpha value is -2.78. The lowest BCUT2D eigenvalue weighted by Crippen LogP contribution is -2.39. The normalized spacial score (nSPS) is 18.1. The van der Waals surface area contributed by atoms with Gasteiger partial charge < -0.3 is 14.8 Å². The monoisotopic (exact) mass is 387 g/mol. The zero-order valence-corrected chi connectivity index (χ0v) is 17.2. The van der Waals surface area contributed by atoms with Crippen LogP contribution in [0.3, 0.4) is 0 Å². The standard InChI is InChI=1S/C26H29NO2/c1-28-22-14-12-20-13-15-25(27-18-21-10-6-7-11-26(21)29-2)24(23(20)17-22)16-19-8-4-3-5-9-19/h3-12,14,17,24-25,27H,13,15-16,18H2,1-2H3. The van der Waals surface area contributed by atoms with Crippen LogP contribution in [0.5, 0.6) is 11.5 Å². The molecule has 0 amide bonds. The molecule has 3 heteroatoms. The number of ether oxygens (including phenoxy) is 2. The van der Waals surface area contributed by atoms with E-state index in [0.717, 1.165) is 37.3 Å². The minimum absolute atomic E-state index is 0.403. The van der Waals surface area contributed by atoms with Crippen LogP contribution in [-0.2, 0) is 19.4 Å². The quantitative estimate of drug-likeness (QED) is 0.609. The second kappa shape index (κ2) is 9.15. The molecule has 29 heavy (non-hydrogen) atoms. The van der Waals surface area contributed by atoms with E-state index in [1.54, 1.807) is 14.2 Å². The first kappa shape index (κ1) is 19.5.